The summed E-state index contributed by atoms with van der Waals surface area (Å²) in [6.07, 6.45) is 0.983. The van der Waals surface area contributed by atoms with Gasteiger partial charge >= 0.3 is 0 Å². The average molecular weight is 259 g/mol. The lowest BCUT2D eigenvalue weighted by Crippen LogP contribution is -2.00. The molecule has 0 aliphatic heterocycles. The van der Waals surface area contributed by atoms with E-state index < -0.39 is 0 Å². The maximum Gasteiger partial charge on any atom is 0.0406 e. The topological polar surface area (TPSA) is 0 Å². The molecule has 2 aromatic rings. The van der Waals surface area contributed by atoms with Crippen molar-refractivity contribution < 1.29 is 0 Å². The molecule has 2 aromatic carbocycles. The number of benzene rings is 2. The van der Waals surface area contributed by atoms with Gasteiger partial charge in [0.25, 0.3) is 0 Å². The van der Waals surface area contributed by atoms with Crippen molar-refractivity contribution in [2.24, 2.45) is 0 Å². The Morgan fingerprint density at radius 1 is 0.833 bits per heavy atom. The molecule has 0 heterocycles. The molecule has 0 N–H and O–H groups in total. The van der Waals surface area contributed by atoms with Crippen molar-refractivity contribution in [1.29, 1.82) is 0 Å². The molecule has 0 aromatic heterocycles. The van der Waals surface area contributed by atoms with Gasteiger partial charge < -0.3 is 0 Å². The van der Waals surface area contributed by atoms with Crippen LogP contribution in [-0.4, -0.2) is 0 Å². The summed E-state index contributed by atoms with van der Waals surface area (Å²) in [5, 5.41) is 0.799. The van der Waals surface area contributed by atoms with Gasteiger partial charge in [-0.2, -0.15) is 0 Å². The Morgan fingerprint density at radius 2 is 1.33 bits per heavy atom. The molecule has 0 fully saturated rings. The Morgan fingerprint density at radius 3 is 1.83 bits per heavy atom. The molecule has 0 aliphatic carbocycles. The van der Waals surface area contributed by atoms with Crippen molar-refractivity contribution in [2.45, 2.75) is 34.1 Å². The third kappa shape index (κ3) is 2.59. The highest BCUT2D eigenvalue weighted by molar-refractivity contribution is 6.30. The molecule has 0 aliphatic rings. The zero-order valence-corrected chi connectivity index (χ0v) is 12.2. The van der Waals surface area contributed by atoms with Gasteiger partial charge in [-0.1, -0.05) is 29.8 Å². The van der Waals surface area contributed by atoms with E-state index in [1.807, 2.05) is 12.1 Å². The van der Waals surface area contributed by atoms with Crippen LogP contribution in [0.3, 0.4) is 0 Å². The van der Waals surface area contributed by atoms with Crippen LogP contribution in [0.4, 0.5) is 0 Å². The Labute approximate surface area is 115 Å². The minimum absolute atomic E-state index is 0.799. The monoisotopic (exact) mass is 258 g/mol. The van der Waals surface area contributed by atoms with Crippen LogP contribution in [0.15, 0.2) is 30.3 Å². The summed E-state index contributed by atoms with van der Waals surface area (Å²) < 4.78 is 0. The first-order chi connectivity index (χ1) is 8.49. The van der Waals surface area contributed by atoms with Crippen molar-refractivity contribution in [3.05, 3.63) is 68.7 Å². The maximum atomic E-state index is 5.93. The van der Waals surface area contributed by atoms with E-state index in [0.29, 0.717) is 0 Å². The van der Waals surface area contributed by atoms with Gasteiger partial charge in [0.05, 0.1) is 0 Å². The van der Waals surface area contributed by atoms with Crippen LogP contribution >= 0.6 is 11.6 Å². The fourth-order valence-corrected chi connectivity index (χ4v) is 2.50. The summed E-state index contributed by atoms with van der Waals surface area (Å²) >= 11 is 5.93. The molecule has 0 unspecified atom stereocenters. The van der Waals surface area contributed by atoms with Gasteiger partial charge in [-0.25, -0.2) is 0 Å². The third-order valence-corrected chi connectivity index (χ3v) is 4.07. The second-order valence-corrected chi connectivity index (χ2v) is 5.48. The fourth-order valence-electron chi connectivity index (χ4n) is 2.37. The number of aryl methyl sites for hydroxylation is 2. The molecular formula is C17H19Cl. The zero-order chi connectivity index (χ0) is 13.3. The molecule has 0 nitrogen and oxygen atoms in total. The first-order valence-corrected chi connectivity index (χ1v) is 6.67. The smallest absolute Gasteiger partial charge is 0.0406 e. The predicted octanol–water partition coefficient (Wildman–Crippen LogP) is 5.16. The molecule has 18 heavy (non-hydrogen) atoms. The van der Waals surface area contributed by atoms with E-state index in [0.717, 1.165) is 11.4 Å². The molecular weight excluding hydrogens is 240 g/mol. The van der Waals surface area contributed by atoms with E-state index >= 15 is 0 Å². The molecule has 0 bridgehead atoms. The number of hydrogen-bond donors (Lipinski definition) is 0. The summed E-state index contributed by atoms with van der Waals surface area (Å²) in [5.41, 5.74) is 8.34. The number of rotatable bonds is 2. The van der Waals surface area contributed by atoms with Crippen molar-refractivity contribution in [1.82, 2.24) is 0 Å². The van der Waals surface area contributed by atoms with Crippen LogP contribution in [0.2, 0.25) is 5.02 Å². The predicted molar refractivity (Wildman–Crippen MR) is 79.6 cm³/mol. The maximum absolute atomic E-state index is 5.93. The highest BCUT2D eigenvalue weighted by atomic mass is 35.5. The van der Waals surface area contributed by atoms with Crippen LogP contribution in [0.25, 0.3) is 0 Å². The lowest BCUT2D eigenvalue weighted by Gasteiger charge is -2.15. The summed E-state index contributed by atoms with van der Waals surface area (Å²) in [4.78, 5) is 0. The summed E-state index contributed by atoms with van der Waals surface area (Å²) in [7, 11) is 0. The van der Waals surface area contributed by atoms with Gasteiger partial charge in [0.15, 0.2) is 0 Å². The standard InChI is InChI=1S/C17H19Cl/c1-11-9-12(2)14(4)17(13(11)3)10-15-5-7-16(18)8-6-15/h5-9H,10H2,1-4H3. The number of hydrogen-bond acceptors (Lipinski definition) is 0. The van der Waals surface area contributed by atoms with Crippen molar-refractivity contribution in [3.8, 4) is 0 Å². The minimum Gasteiger partial charge on any atom is -0.0843 e. The zero-order valence-electron chi connectivity index (χ0n) is 11.5. The normalized spacial score (nSPS) is 10.7. The van der Waals surface area contributed by atoms with Gasteiger partial charge in [0.2, 0.25) is 0 Å². The summed E-state index contributed by atoms with van der Waals surface area (Å²) in [5.74, 6) is 0. The molecule has 0 spiro atoms. The second kappa shape index (κ2) is 5.16. The first-order valence-electron chi connectivity index (χ1n) is 6.29. The molecule has 1 heteroatoms. The van der Waals surface area contributed by atoms with Gasteiger partial charge in [-0.3, -0.25) is 0 Å². The van der Waals surface area contributed by atoms with Crippen LogP contribution in [0.5, 0.6) is 0 Å². The average Bonchev–Trinajstić information content (AvgIpc) is 2.34. The molecule has 0 saturated carbocycles. The van der Waals surface area contributed by atoms with Crippen molar-refractivity contribution in [2.75, 3.05) is 0 Å². The van der Waals surface area contributed by atoms with Crippen molar-refractivity contribution in [3.63, 3.8) is 0 Å². The van der Waals surface area contributed by atoms with E-state index in [1.165, 1.54) is 33.4 Å². The van der Waals surface area contributed by atoms with Gasteiger partial charge in [0, 0.05) is 5.02 Å². The molecule has 0 radical (unpaired) electrons. The first kappa shape index (κ1) is 13.2. The van der Waals surface area contributed by atoms with Crippen LogP contribution in [0.1, 0.15) is 33.4 Å². The van der Waals surface area contributed by atoms with Gasteiger partial charge in [0.1, 0.15) is 0 Å². The van der Waals surface area contributed by atoms with Crippen LogP contribution in [0, 0.1) is 27.7 Å². The molecule has 0 amide bonds. The van der Waals surface area contributed by atoms with Crippen LogP contribution < -0.4 is 0 Å². The third-order valence-electron chi connectivity index (χ3n) is 3.82. The van der Waals surface area contributed by atoms with E-state index in [4.69, 9.17) is 11.6 Å². The minimum atomic E-state index is 0.799. The molecule has 94 valence electrons. The van der Waals surface area contributed by atoms with Gasteiger partial charge in [-0.15, -0.1) is 0 Å². The Hall–Kier alpha value is -1.27. The van der Waals surface area contributed by atoms with E-state index in [1.54, 1.807) is 0 Å². The van der Waals surface area contributed by atoms with E-state index in [-0.39, 0.29) is 0 Å². The largest absolute Gasteiger partial charge is 0.0843 e. The molecule has 2 rings (SSSR count). The summed E-state index contributed by atoms with van der Waals surface area (Å²) in [6.45, 7) is 8.81. The quantitative estimate of drug-likeness (QED) is 0.698. The molecule has 0 atom stereocenters. The fraction of sp³-hybridized carbons (Fsp3) is 0.294. The second-order valence-electron chi connectivity index (χ2n) is 5.04. The molecule has 0 saturated heterocycles. The van der Waals surface area contributed by atoms with E-state index in [9.17, 15) is 0 Å². The van der Waals surface area contributed by atoms with Crippen LogP contribution in [-0.2, 0) is 6.42 Å². The lowest BCUT2D eigenvalue weighted by atomic mass is 9.90. The highest BCUT2D eigenvalue weighted by Crippen LogP contribution is 2.24. The van der Waals surface area contributed by atoms with Crippen molar-refractivity contribution >= 4 is 11.6 Å². The highest BCUT2D eigenvalue weighted by Gasteiger charge is 2.08. The summed E-state index contributed by atoms with van der Waals surface area (Å²) in [6, 6.07) is 10.4. The Bertz CT molecular complexity index is 539. The Kier molecular flexibility index (Phi) is 3.77. The van der Waals surface area contributed by atoms with Gasteiger partial charge in [-0.05, 0) is 79.6 Å². The van der Waals surface area contributed by atoms with E-state index in [2.05, 4.69) is 45.9 Å². The SMILES string of the molecule is Cc1cc(C)c(C)c(Cc2ccc(Cl)cc2)c1C. The lowest BCUT2D eigenvalue weighted by molar-refractivity contribution is 1.08. The Balaban J connectivity index is 2.42. The number of halogens is 1.